The summed E-state index contributed by atoms with van der Waals surface area (Å²) in [6.45, 7) is 1.37. The zero-order valence-electron chi connectivity index (χ0n) is 12.4. The number of amides is 1. The van der Waals surface area contributed by atoms with Gasteiger partial charge in [0.1, 0.15) is 17.2 Å². The SMILES string of the molecule is CCc1ccc(NC(=O)COC(=O)c2c(F)cccc2F)cc1. The van der Waals surface area contributed by atoms with E-state index in [9.17, 15) is 18.4 Å². The van der Waals surface area contributed by atoms with Crippen molar-refractivity contribution in [2.24, 2.45) is 0 Å². The molecule has 2 aromatic rings. The summed E-state index contributed by atoms with van der Waals surface area (Å²) in [5, 5.41) is 2.53. The number of carbonyl (C=O) groups excluding carboxylic acids is 2. The molecule has 0 aliphatic rings. The molecule has 1 amide bonds. The fourth-order valence-electron chi connectivity index (χ4n) is 1.92. The standard InChI is InChI=1S/C17H15F2NO3/c1-2-11-6-8-12(9-7-11)20-15(21)10-23-17(22)16-13(18)4-3-5-14(16)19/h3-9H,2,10H2,1H3,(H,20,21). The lowest BCUT2D eigenvalue weighted by atomic mass is 10.1. The summed E-state index contributed by atoms with van der Waals surface area (Å²) in [6, 6.07) is 10.2. The molecule has 23 heavy (non-hydrogen) atoms. The summed E-state index contributed by atoms with van der Waals surface area (Å²) in [6.07, 6.45) is 0.875. The minimum atomic E-state index is -1.22. The monoisotopic (exact) mass is 319 g/mol. The number of hydrogen-bond donors (Lipinski definition) is 1. The third-order valence-electron chi connectivity index (χ3n) is 3.15. The van der Waals surface area contributed by atoms with E-state index < -0.39 is 35.7 Å². The molecular formula is C17H15F2NO3. The van der Waals surface area contributed by atoms with Crippen molar-refractivity contribution in [2.75, 3.05) is 11.9 Å². The first-order valence-electron chi connectivity index (χ1n) is 7.01. The summed E-state index contributed by atoms with van der Waals surface area (Å²) in [4.78, 5) is 23.3. The number of anilines is 1. The van der Waals surface area contributed by atoms with Gasteiger partial charge in [0, 0.05) is 5.69 Å². The summed E-state index contributed by atoms with van der Waals surface area (Å²) < 4.78 is 31.4. The molecule has 6 heteroatoms. The van der Waals surface area contributed by atoms with Gasteiger partial charge in [0.05, 0.1) is 0 Å². The van der Waals surface area contributed by atoms with E-state index in [2.05, 4.69) is 10.1 Å². The van der Waals surface area contributed by atoms with Crippen molar-refractivity contribution in [1.82, 2.24) is 0 Å². The van der Waals surface area contributed by atoms with Crippen LogP contribution in [-0.2, 0) is 16.0 Å². The molecule has 1 N–H and O–H groups in total. The Morgan fingerprint density at radius 2 is 1.65 bits per heavy atom. The molecule has 0 aromatic heterocycles. The molecule has 2 rings (SSSR count). The van der Waals surface area contributed by atoms with E-state index in [1.165, 1.54) is 0 Å². The molecule has 120 valence electrons. The Kier molecular flexibility index (Phi) is 5.41. The lowest BCUT2D eigenvalue weighted by Gasteiger charge is -2.08. The number of hydrogen-bond acceptors (Lipinski definition) is 3. The number of nitrogens with one attached hydrogen (secondary N) is 1. The Hall–Kier alpha value is -2.76. The topological polar surface area (TPSA) is 55.4 Å². The smallest absolute Gasteiger partial charge is 0.344 e. The number of carbonyl (C=O) groups is 2. The molecule has 4 nitrogen and oxygen atoms in total. The Morgan fingerprint density at radius 3 is 2.22 bits per heavy atom. The molecular weight excluding hydrogens is 304 g/mol. The van der Waals surface area contributed by atoms with Crippen molar-refractivity contribution in [3.63, 3.8) is 0 Å². The van der Waals surface area contributed by atoms with Crippen molar-refractivity contribution in [1.29, 1.82) is 0 Å². The number of benzene rings is 2. The molecule has 0 heterocycles. The van der Waals surface area contributed by atoms with Gasteiger partial charge >= 0.3 is 5.97 Å². The first kappa shape index (κ1) is 16.6. The lowest BCUT2D eigenvalue weighted by Crippen LogP contribution is -2.21. The molecule has 2 aromatic carbocycles. The fraction of sp³-hybridized carbons (Fsp3) is 0.176. The van der Waals surface area contributed by atoms with Gasteiger partial charge in [-0.2, -0.15) is 0 Å². The van der Waals surface area contributed by atoms with Gasteiger partial charge in [-0.1, -0.05) is 25.1 Å². The Labute approximate surface area is 132 Å². The molecule has 0 unspecified atom stereocenters. The zero-order chi connectivity index (χ0) is 16.8. The second-order valence-electron chi connectivity index (χ2n) is 4.77. The molecule has 0 radical (unpaired) electrons. The van der Waals surface area contributed by atoms with Gasteiger partial charge in [-0.3, -0.25) is 4.79 Å². The third kappa shape index (κ3) is 4.35. The predicted molar refractivity (Wildman–Crippen MR) is 81.1 cm³/mol. The van der Waals surface area contributed by atoms with E-state index >= 15 is 0 Å². The van der Waals surface area contributed by atoms with Gasteiger partial charge in [0.2, 0.25) is 0 Å². The Bertz CT molecular complexity index is 694. The summed E-state index contributed by atoms with van der Waals surface area (Å²) in [5.41, 5.74) is 0.845. The third-order valence-corrected chi connectivity index (χ3v) is 3.15. The maximum atomic E-state index is 13.4. The highest BCUT2D eigenvalue weighted by molar-refractivity contribution is 5.95. The van der Waals surface area contributed by atoms with Crippen molar-refractivity contribution < 1.29 is 23.1 Å². The number of halogens is 2. The van der Waals surface area contributed by atoms with E-state index in [4.69, 9.17) is 0 Å². The van der Waals surface area contributed by atoms with Crippen LogP contribution in [-0.4, -0.2) is 18.5 Å². The van der Waals surface area contributed by atoms with Gasteiger partial charge in [-0.05, 0) is 36.2 Å². The van der Waals surface area contributed by atoms with Gasteiger partial charge < -0.3 is 10.1 Å². The molecule has 0 aliphatic carbocycles. The van der Waals surface area contributed by atoms with Crippen LogP contribution in [0, 0.1) is 11.6 Å². The molecule has 0 fully saturated rings. The van der Waals surface area contributed by atoms with Crippen LogP contribution in [0.5, 0.6) is 0 Å². The van der Waals surface area contributed by atoms with Crippen molar-refractivity contribution in [3.05, 3.63) is 65.2 Å². The van der Waals surface area contributed by atoms with Crippen molar-refractivity contribution in [3.8, 4) is 0 Å². The molecule has 0 spiro atoms. The van der Waals surface area contributed by atoms with E-state index in [0.717, 1.165) is 30.2 Å². The van der Waals surface area contributed by atoms with Gasteiger partial charge in [0.15, 0.2) is 6.61 Å². The molecule has 0 atom stereocenters. The summed E-state index contributed by atoms with van der Waals surface area (Å²) >= 11 is 0. The number of rotatable bonds is 5. The highest BCUT2D eigenvalue weighted by Crippen LogP contribution is 2.13. The lowest BCUT2D eigenvalue weighted by molar-refractivity contribution is -0.119. The molecule has 0 bridgehead atoms. The summed E-state index contributed by atoms with van der Waals surface area (Å²) in [5.74, 6) is -3.90. The summed E-state index contributed by atoms with van der Waals surface area (Å²) in [7, 11) is 0. The normalized spacial score (nSPS) is 10.2. The number of esters is 1. The maximum Gasteiger partial charge on any atom is 0.344 e. The average molecular weight is 319 g/mol. The first-order chi connectivity index (χ1) is 11.0. The number of ether oxygens (including phenoxy) is 1. The van der Waals surface area contributed by atoms with Gasteiger partial charge in [-0.15, -0.1) is 0 Å². The molecule has 0 saturated carbocycles. The predicted octanol–water partition coefficient (Wildman–Crippen LogP) is 3.32. The maximum absolute atomic E-state index is 13.4. The van der Waals surface area contributed by atoms with Crippen LogP contribution in [0.3, 0.4) is 0 Å². The van der Waals surface area contributed by atoms with E-state index in [-0.39, 0.29) is 0 Å². The minimum Gasteiger partial charge on any atom is -0.452 e. The first-order valence-corrected chi connectivity index (χ1v) is 7.01. The Morgan fingerprint density at radius 1 is 1.04 bits per heavy atom. The average Bonchev–Trinajstić information content (AvgIpc) is 2.53. The van der Waals surface area contributed by atoms with Crippen LogP contribution in [0.4, 0.5) is 14.5 Å². The Balaban J connectivity index is 1.92. The highest BCUT2D eigenvalue weighted by Gasteiger charge is 2.19. The van der Waals surface area contributed by atoms with Gasteiger partial charge in [0.25, 0.3) is 5.91 Å². The minimum absolute atomic E-state index is 0.542. The molecule has 0 saturated heterocycles. The van der Waals surface area contributed by atoms with Gasteiger partial charge in [-0.25, -0.2) is 13.6 Å². The highest BCUT2D eigenvalue weighted by atomic mass is 19.1. The van der Waals surface area contributed by atoms with Crippen LogP contribution in [0.15, 0.2) is 42.5 Å². The van der Waals surface area contributed by atoms with Crippen LogP contribution in [0.2, 0.25) is 0 Å². The van der Waals surface area contributed by atoms with Crippen molar-refractivity contribution in [2.45, 2.75) is 13.3 Å². The van der Waals surface area contributed by atoms with E-state index in [0.29, 0.717) is 5.69 Å². The van der Waals surface area contributed by atoms with E-state index in [1.807, 2.05) is 19.1 Å². The van der Waals surface area contributed by atoms with Crippen LogP contribution in [0.25, 0.3) is 0 Å². The second-order valence-corrected chi connectivity index (χ2v) is 4.77. The van der Waals surface area contributed by atoms with Crippen molar-refractivity contribution >= 4 is 17.6 Å². The molecule has 0 aliphatic heterocycles. The quantitative estimate of drug-likeness (QED) is 0.860. The van der Waals surface area contributed by atoms with Crippen LogP contribution < -0.4 is 5.32 Å². The fourth-order valence-corrected chi connectivity index (χ4v) is 1.92. The van der Waals surface area contributed by atoms with Crippen LogP contribution in [0.1, 0.15) is 22.8 Å². The number of aryl methyl sites for hydroxylation is 1. The zero-order valence-corrected chi connectivity index (χ0v) is 12.4. The largest absolute Gasteiger partial charge is 0.452 e. The van der Waals surface area contributed by atoms with E-state index in [1.54, 1.807) is 12.1 Å². The second kappa shape index (κ2) is 7.49. The van der Waals surface area contributed by atoms with Crippen LogP contribution >= 0.6 is 0 Å².